The van der Waals surface area contributed by atoms with Crippen molar-refractivity contribution in [2.75, 3.05) is 25.2 Å². The van der Waals surface area contributed by atoms with Gasteiger partial charge in [-0.2, -0.15) is 18.9 Å². The van der Waals surface area contributed by atoms with Crippen molar-refractivity contribution >= 4 is 17.5 Å². The first-order valence-corrected chi connectivity index (χ1v) is 9.17. The Hall–Kier alpha value is -0.710. The Morgan fingerprint density at radius 2 is 1.75 bits per heavy atom. The fraction of sp³-hybridized carbons (Fsp3) is 0.778. The standard InChI is InChI=1S/C9H15FN2O2PS/c1-8(9(6-11)7-12)15(2,3)4-5-16(10,13)14/h8-9H,4-5H2,1-3H3/q+1. The normalized spacial score (nSPS) is 14.2. The lowest BCUT2D eigenvalue weighted by molar-refractivity contribution is 0.553. The van der Waals surface area contributed by atoms with Crippen molar-refractivity contribution in [2.24, 2.45) is 5.92 Å². The summed E-state index contributed by atoms with van der Waals surface area (Å²) < 4.78 is 33.3. The molecule has 0 bridgehead atoms. The molecular formula is C9H15FN2O2PS+. The van der Waals surface area contributed by atoms with Gasteiger partial charge in [-0.1, -0.05) is 0 Å². The minimum Gasteiger partial charge on any atom is -0.197 e. The summed E-state index contributed by atoms with van der Waals surface area (Å²) in [6.07, 6.45) is 0.201. The molecule has 0 aromatic heterocycles. The lowest BCUT2D eigenvalue weighted by atomic mass is 10.1. The van der Waals surface area contributed by atoms with Gasteiger partial charge in [0.15, 0.2) is 5.92 Å². The average Bonchev–Trinajstić information content (AvgIpc) is 2.16. The number of halogens is 1. The van der Waals surface area contributed by atoms with Crippen LogP contribution in [0.5, 0.6) is 0 Å². The fourth-order valence-corrected chi connectivity index (χ4v) is 5.30. The fourth-order valence-electron chi connectivity index (χ4n) is 1.20. The topological polar surface area (TPSA) is 81.7 Å². The highest BCUT2D eigenvalue weighted by Gasteiger charge is 2.39. The number of hydrogen-bond acceptors (Lipinski definition) is 4. The molecule has 1 atom stereocenters. The van der Waals surface area contributed by atoms with Crippen LogP contribution in [-0.4, -0.2) is 39.3 Å². The molecule has 0 N–H and O–H groups in total. The van der Waals surface area contributed by atoms with Crippen LogP contribution in [-0.2, 0) is 10.2 Å². The molecule has 0 rings (SSSR count). The van der Waals surface area contributed by atoms with E-state index in [1.165, 1.54) is 0 Å². The van der Waals surface area contributed by atoms with Gasteiger partial charge in [0.1, 0.15) is 5.75 Å². The van der Waals surface area contributed by atoms with Crippen molar-refractivity contribution in [3.63, 3.8) is 0 Å². The summed E-state index contributed by atoms with van der Waals surface area (Å²) in [5, 5.41) is 17.5. The van der Waals surface area contributed by atoms with E-state index < -0.39 is 29.2 Å². The first-order valence-electron chi connectivity index (χ1n) is 4.68. The molecule has 7 heteroatoms. The summed E-state index contributed by atoms with van der Waals surface area (Å²) in [5.74, 6) is -1.28. The van der Waals surface area contributed by atoms with E-state index in [4.69, 9.17) is 10.5 Å². The Morgan fingerprint density at radius 3 is 2.06 bits per heavy atom. The lowest BCUT2D eigenvalue weighted by Crippen LogP contribution is -2.22. The number of rotatable bonds is 5. The highest BCUT2D eigenvalue weighted by atomic mass is 32.3. The van der Waals surface area contributed by atoms with E-state index in [-0.39, 0.29) is 11.8 Å². The van der Waals surface area contributed by atoms with Crippen molar-refractivity contribution in [1.82, 2.24) is 0 Å². The van der Waals surface area contributed by atoms with E-state index in [0.29, 0.717) is 0 Å². The van der Waals surface area contributed by atoms with Crippen LogP contribution in [0.15, 0.2) is 0 Å². The zero-order valence-electron chi connectivity index (χ0n) is 9.51. The molecule has 0 heterocycles. The maximum absolute atomic E-state index is 12.4. The van der Waals surface area contributed by atoms with Gasteiger partial charge in [0.05, 0.1) is 24.0 Å². The van der Waals surface area contributed by atoms with Gasteiger partial charge in [-0.3, -0.25) is 0 Å². The predicted octanol–water partition coefficient (Wildman–Crippen LogP) is 1.61. The molecule has 0 aromatic rings. The summed E-state index contributed by atoms with van der Waals surface area (Å²) in [6, 6.07) is 3.76. The molecule has 0 amide bonds. The van der Waals surface area contributed by atoms with Crippen molar-refractivity contribution in [3.8, 4) is 12.1 Å². The third-order valence-electron chi connectivity index (χ3n) is 2.77. The third-order valence-corrected chi connectivity index (χ3v) is 7.65. The minimum atomic E-state index is -4.47. The quantitative estimate of drug-likeness (QED) is 0.558. The van der Waals surface area contributed by atoms with Crippen LogP contribution in [0.2, 0.25) is 0 Å². The van der Waals surface area contributed by atoms with Crippen LogP contribution in [0.1, 0.15) is 6.92 Å². The van der Waals surface area contributed by atoms with Crippen molar-refractivity contribution < 1.29 is 12.3 Å². The molecule has 0 spiro atoms. The second-order valence-corrected chi connectivity index (χ2v) is 10.5. The maximum Gasteiger partial charge on any atom is 0.305 e. The molecule has 1 unspecified atom stereocenters. The van der Waals surface area contributed by atoms with Gasteiger partial charge in [-0.05, 0) is 6.92 Å². The van der Waals surface area contributed by atoms with E-state index in [2.05, 4.69) is 0 Å². The van der Waals surface area contributed by atoms with Crippen LogP contribution in [0.4, 0.5) is 3.89 Å². The van der Waals surface area contributed by atoms with Crippen molar-refractivity contribution in [2.45, 2.75) is 12.6 Å². The summed E-state index contributed by atoms with van der Waals surface area (Å²) >= 11 is 0. The third kappa shape index (κ3) is 4.88. The Balaban J connectivity index is 4.68. The van der Waals surface area contributed by atoms with E-state index >= 15 is 0 Å². The summed E-state index contributed by atoms with van der Waals surface area (Å²) in [6.45, 7) is 5.42. The van der Waals surface area contributed by atoms with Crippen molar-refractivity contribution in [1.29, 1.82) is 10.5 Å². The van der Waals surface area contributed by atoms with Gasteiger partial charge < -0.3 is 0 Å². The van der Waals surface area contributed by atoms with Crippen LogP contribution >= 0.6 is 7.26 Å². The largest absolute Gasteiger partial charge is 0.305 e. The smallest absolute Gasteiger partial charge is 0.197 e. The van der Waals surface area contributed by atoms with Crippen LogP contribution in [0.3, 0.4) is 0 Å². The van der Waals surface area contributed by atoms with E-state index in [1.54, 1.807) is 6.92 Å². The van der Waals surface area contributed by atoms with Crippen molar-refractivity contribution in [3.05, 3.63) is 0 Å². The van der Waals surface area contributed by atoms with Gasteiger partial charge in [-0.15, -0.1) is 3.89 Å². The molecule has 0 saturated heterocycles. The van der Waals surface area contributed by atoms with Gasteiger partial charge in [0, 0.05) is 20.6 Å². The second-order valence-electron chi connectivity index (χ2n) is 4.22. The summed E-state index contributed by atoms with van der Waals surface area (Å²) in [4.78, 5) is 0. The molecule has 0 aromatic carbocycles. The van der Waals surface area contributed by atoms with E-state index in [9.17, 15) is 12.3 Å². The molecule has 0 radical (unpaired) electrons. The summed E-state index contributed by atoms with van der Waals surface area (Å²) in [5.41, 5.74) is -0.204. The molecule has 0 aliphatic heterocycles. The minimum absolute atomic E-state index is 0.201. The lowest BCUT2D eigenvalue weighted by Gasteiger charge is -2.25. The van der Waals surface area contributed by atoms with Gasteiger partial charge in [0.2, 0.25) is 0 Å². The Kier molecular flexibility index (Phi) is 5.32. The first kappa shape index (κ1) is 15.3. The highest BCUT2D eigenvalue weighted by Crippen LogP contribution is 2.58. The number of nitriles is 2. The average molecular weight is 265 g/mol. The molecular weight excluding hydrogens is 250 g/mol. The molecule has 16 heavy (non-hydrogen) atoms. The van der Waals surface area contributed by atoms with Gasteiger partial charge in [0.25, 0.3) is 0 Å². The summed E-state index contributed by atoms with van der Waals surface area (Å²) in [7, 11) is -6.25. The molecule has 0 aliphatic carbocycles. The van der Waals surface area contributed by atoms with E-state index in [1.807, 2.05) is 25.5 Å². The zero-order valence-corrected chi connectivity index (χ0v) is 11.2. The number of nitrogens with zero attached hydrogens (tertiary/aromatic N) is 2. The van der Waals surface area contributed by atoms with Crippen LogP contribution < -0.4 is 0 Å². The Labute approximate surface area is 96.6 Å². The first-order chi connectivity index (χ1) is 7.14. The maximum atomic E-state index is 12.4. The molecule has 90 valence electrons. The molecule has 0 aliphatic rings. The second kappa shape index (κ2) is 5.57. The van der Waals surface area contributed by atoms with Crippen LogP contribution in [0, 0.1) is 28.6 Å². The number of hydrogen-bond donors (Lipinski definition) is 0. The molecule has 4 nitrogen and oxygen atoms in total. The van der Waals surface area contributed by atoms with Gasteiger partial charge in [-0.25, -0.2) is 0 Å². The monoisotopic (exact) mass is 265 g/mol. The highest BCUT2D eigenvalue weighted by molar-refractivity contribution is 7.87. The predicted molar refractivity (Wildman–Crippen MR) is 62.7 cm³/mol. The SMILES string of the molecule is CC(C(C#N)C#N)[P+](C)(C)CCS(=O)(=O)F. The Bertz CT molecular complexity index is 408. The molecule has 0 fully saturated rings. The zero-order chi connectivity index (χ0) is 13.0. The Morgan fingerprint density at radius 1 is 1.31 bits per heavy atom. The van der Waals surface area contributed by atoms with Crippen LogP contribution in [0.25, 0.3) is 0 Å². The van der Waals surface area contributed by atoms with E-state index in [0.717, 1.165) is 0 Å². The molecule has 0 saturated carbocycles. The van der Waals surface area contributed by atoms with Gasteiger partial charge >= 0.3 is 10.2 Å².